The molecule has 4 rings (SSSR count). The van der Waals surface area contributed by atoms with Crippen molar-refractivity contribution < 1.29 is 13.6 Å². The molecule has 0 bridgehead atoms. The summed E-state index contributed by atoms with van der Waals surface area (Å²) in [7, 11) is 5.85. The van der Waals surface area contributed by atoms with Gasteiger partial charge in [0.25, 0.3) is 0 Å². The van der Waals surface area contributed by atoms with Crippen LogP contribution in [-0.2, 0) is 24.2 Å². The van der Waals surface area contributed by atoms with Crippen LogP contribution in [0.2, 0.25) is 0 Å². The molecule has 2 aromatic carbocycles. The first-order valence-corrected chi connectivity index (χ1v) is 9.97. The molecule has 6 heteroatoms. The molecule has 3 nitrogen and oxygen atoms in total. The number of halogens is 2. The minimum atomic E-state index is -0.461. The smallest absolute Gasteiger partial charge is 0.222 e. The first kappa shape index (κ1) is 19.7. The number of rotatable bonds is 4. The highest BCUT2D eigenvalue weighted by atomic mass is 19.1. The number of amides is 1. The number of aromatic nitrogens is 1. The van der Waals surface area contributed by atoms with Crippen molar-refractivity contribution in [3.8, 4) is 0 Å². The van der Waals surface area contributed by atoms with Crippen molar-refractivity contribution in [1.82, 2.24) is 9.88 Å². The van der Waals surface area contributed by atoms with E-state index >= 15 is 0 Å². The predicted molar refractivity (Wildman–Crippen MR) is 112 cm³/mol. The fourth-order valence-electron chi connectivity index (χ4n) is 4.17. The fourth-order valence-corrected chi connectivity index (χ4v) is 4.17. The van der Waals surface area contributed by atoms with Crippen LogP contribution in [0.1, 0.15) is 37.1 Å². The van der Waals surface area contributed by atoms with Crippen molar-refractivity contribution in [3.63, 3.8) is 0 Å². The summed E-state index contributed by atoms with van der Waals surface area (Å²) in [4.78, 5) is 12.1. The van der Waals surface area contributed by atoms with Crippen molar-refractivity contribution in [2.45, 2.75) is 45.7 Å². The number of carbonyl (C=O) groups excluding carboxylic acids is 1. The summed E-state index contributed by atoms with van der Waals surface area (Å²) in [5, 5.41) is 4.01. The number of carbonyl (C=O) groups is 1. The predicted octanol–water partition coefficient (Wildman–Crippen LogP) is 3.39. The Hall–Kier alpha value is -2.63. The first-order valence-electron chi connectivity index (χ1n) is 9.97. The summed E-state index contributed by atoms with van der Waals surface area (Å²) >= 11 is 0. The normalized spacial score (nSPS) is 16.2. The molecule has 0 spiro atoms. The largest absolute Gasteiger partial charge is 0.353 e. The molecule has 1 aromatic heterocycles. The van der Waals surface area contributed by atoms with Crippen LogP contribution in [0.3, 0.4) is 0 Å². The second-order valence-electron chi connectivity index (χ2n) is 8.14. The van der Waals surface area contributed by atoms with Gasteiger partial charge in [-0.15, -0.1) is 0 Å². The molecule has 3 aromatic rings. The maximum absolute atomic E-state index is 14.3. The van der Waals surface area contributed by atoms with E-state index in [0.717, 1.165) is 40.6 Å². The summed E-state index contributed by atoms with van der Waals surface area (Å²) in [6.45, 7) is 4.20. The molecule has 1 N–H and O–H groups in total. The van der Waals surface area contributed by atoms with E-state index in [1.165, 1.54) is 18.2 Å². The van der Waals surface area contributed by atoms with Gasteiger partial charge in [0.2, 0.25) is 5.91 Å². The van der Waals surface area contributed by atoms with Crippen LogP contribution in [0.4, 0.5) is 8.78 Å². The molecule has 148 valence electrons. The molecule has 1 heterocycles. The lowest BCUT2D eigenvalue weighted by atomic mass is 9.88. The van der Waals surface area contributed by atoms with Crippen LogP contribution >= 0.6 is 0 Å². The second-order valence-corrected chi connectivity index (χ2v) is 8.14. The van der Waals surface area contributed by atoms with E-state index < -0.39 is 5.82 Å². The van der Waals surface area contributed by atoms with Gasteiger partial charge < -0.3 is 9.88 Å². The topological polar surface area (TPSA) is 34.0 Å². The lowest BCUT2D eigenvalue weighted by Crippen LogP contribution is -2.41. The van der Waals surface area contributed by atoms with Gasteiger partial charge in [-0.25, -0.2) is 8.78 Å². The van der Waals surface area contributed by atoms with E-state index in [2.05, 4.69) is 9.88 Å². The maximum atomic E-state index is 14.3. The Morgan fingerprint density at radius 2 is 2.07 bits per heavy atom. The van der Waals surface area contributed by atoms with Crippen LogP contribution in [0.25, 0.3) is 10.9 Å². The minimum absolute atomic E-state index is 0.0347. The van der Waals surface area contributed by atoms with Crippen molar-refractivity contribution >= 4 is 30.1 Å². The first-order chi connectivity index (χ1) is 13.8. The quantitative estimate of drug-likeness (QED) is 0.679. The number of nitrogens with one attached hydrogen (secondary N) is 1. The summed E-state index contributed by atoms with van der Waals surface area (Å²) in [5.74, 6) is -0.792. The van der Waals surface area contributed by atoms with Crippen LogP contribution in [0, 0.1) is 17.6 Å². The highest BCUT2D eigenvalue weighted by molar-refractivity contribution is 6.33. The van der Waals surface area contributed by atoms with E-state index in [1.807, 2.05) is 19.9 Å². The molecule has 0 saturated heterocycles. The van der Waals surface area contributed by atoms with Gasteiger partial charge in [0.05, 0.1) is 5.52 Å². The Kier molecular flexibility index (Phi) is 5.20. The SMILES string of the molecule is [B]c1cc2c3c(n(Cc4cccc(F)c4)c2cc1F)CCC(NC(=O)C(C)C)C3. The van der Waals surface area contributed by atoms with Crippen molar-refractivity contribution in [2.24, 2.45) is 5.92 Å². The monoisotopic (exact) mass is 392 g/mol. The molecule has 0 fully saturated rings. The summed E-state index contributed by atoms with van der Waals surface area (Å²) < 4.78 is 30.0. The van der Waals surface area contributed by atoms with Gasteiger partial charge in [-0.3, -0.25) is 4.79 Å². The Labute approximate surface area is 170 Å². The summed E-state index contributed by atoms with van der Waals surface area (Å²) in [6, 6.07) is 9.64. The number of benzene rings is 2. The summed E-state index contributed by atoms with van der Waals surface area (Å²) in [5.41, 5.74) is 3.86. The molecule has 1 aliphatic rings. The molecule has 29 heavy (non-hydrogen) atoms. The average Bonchev–Trinajstić information content (AvgIpc) is 2.95. The Morgan fingerprint density at radius 3 is 2.79 bits per heavy atom. The molecule has 2 radical (unpaired) electrons. The minimum Gasteiger partial charge on any atom is -0.353 e. The zero-order valence-electron chi connectivity index (χ0n) is 16.6. The van der Waals surface area contributed by atoms with Crippen LogP contribution in [0.5, 0.6) is 0 Å². The van der Waals surface area contributed by atoms with E-state index in [1.54, 1.807) is 12.1 Å². The van der Waals surface area contributed by atoms with E-state index in [4.69, 9.17) is 7.85 Å². The number of hydrogen-bond acceptors (Lipinski definition) is 1. The lowest BCUT2D eigenvalue weighted by Gasteiger charge is -2.26. The molecule has 1 unspecified atom stereocenters. The number of nitrogens with zero attached hydrogens (tertiary/aromatic N) is 1. The molecular weight excluding hydrogens is 369 g/mol. The third-order valence-corrected chi connectivity index (χ3v) is 5.69. The van der Waals surface area contributed by atoms with Crippen LogP contribution < -0.4 is 10.8 Å². The maximum Gasteiger partial charge on any atom is 0.222 e. The molecule has 0 aliphatic heterocycles. The summed E-state index contributed by atoms with van der Waals surface area (Å²) in [6.07, 6.45) is 2.23. The second kappa shape index (κ2) is 7.66. The average molecular weight is 392 g/mol. The lowest BCUT2D eigenvalue weighted by molar-refractivity contribution is -0.124. The van der Waals surface area contributed by atoms with Gasteiger partial charge >= 0.3 is 0 Å². The number of fused-ring (bicyclic) bond motifs is 3. The molecule has 1 amide bonds. The number of hydrogen-bond donors (Lipinski definition) is 1. The third kappa shape index (κ3) is 3.80. The zero-order valence-corrected chi connectivity index (χ0v) is 16.6. The van der Waals surface area contributed by atoms with Gasteiger partial charge in [-0.1, -0.05) is 37.5 Å². The highest BCUT2D eigenvalue weighted by Gasteiger charge is 2.27. The van der Waals surface area contributed by atoms with Crippen molar-refractivity contribution in [1.29, 1.82) is 0 Å². The van der Waals surface area contributed by atoms with Crippen molar-refractivity contribution in [2.75, 3.05) is 0 Å². The molecule has 1 aliphatic carbocycles. The van der Waals surface area contributed by atoms with Gasteiger partial charge in [0.15, 0.2) is 0 Å². The Balaban J connectivity index is 1.77. The van der Waals surface area contributed by atoms with Crippen molar-refractivity contribution in [3.05, 3.63) is 64.9 Å². The van der Waals surface area contributed by atoms with E-state index in [0.29, 0.717) is 13.0 Å². The van der Waals surface area contributed by atoms with Crippen LogP contribution in [-0.4, -0.2) is 24.4 Å². The third-order valence-electron chi connectivity index (χ3n) is 5.69. The van der Waals surface area contributed by atoms with E-state index in [-0.39, 0.29) is 29.1 Å². The molecular formula is C23H23BF2N2O. The van der Waals surface area contributed by atoms with Gasteiger partial charge in [0.1, 0.15) is 19.5 Å². The highest BCUT2D eigenvalue weighted by Crippen LogP contribution is 2.33. The fraction of sp³-hybridized carbons (Fsp3) is 0.348. The van der Waals surface area contributed by atoms with Gasteiger partial charge in [0, 0.05) is 29.6 Å². The molecule has 1 atom stereocenters. The Morgan fingerprint density at radius 1 is 1.28 bits per heavy atom. The Bertz CT molecular complexity index is 1090. The van der Waals surface area contributed by atoms with Gasteiger partial charge in [-0.05, 0) is 48.6 Å². The van der Waals surface area contributed by atoms with Crippen LogP contribution in [0.15, 0.2) is 36.4 Å². The zero-order chi connectivity index (χ0) is 20.7. The van der Waals surface area contributed by atoms with Gasteiger partial charge in [-0.2, -0.15) is 0 Å². The molecule has 0 saturated carbocycles. The van der Waals surface area contributed by atoms with E-state index in [9.17, 15) is 13.6 Å². The standard InChI is InChI=1S/C23H23BF2N2O/c1-13(2)23(29)27-16-6-7-21-17(9-16)18-10-19(24)20(26)11-22(18)28(21)12-14-4-3-5-15(25)8-14/h3-5,8,10-11,13,16H,6-7,9,12H2,1-2H3,(H,27,29).